The van der Waals surface area contributed by atoms with Gasteiger partial charge < -0.3 is 19.4 Å². The van der Waals surface area contributed by atoms with Crippen LogP contribution in [0.1, 0.15) is 89.1 Å². The highest BCUT2D eigenvalue weighted by atomic mass is 35.5. The molecule has 1 aromatic heterocycles. The molecule has 0 aliphatic carbocycles. The van der Waals surface area contributed by atoms with E-state index in [2.05, 4.69) is 61.9 Å². The Morgan fingerprint density at radius 1 is 0.825 bits per heavy atom. The van der Waals surface area contributed by atoms with Gasteiger partial charge in [-0.15, -0.1) is 0 Å². The standard InChI is InChI=1S/C48H52ClN9O5/c1-48(2,34-23-32(27-50)24-35(49)25-34)33-3-6-39(7-4-33)63-30-36-11-15-51-47(52-36)57-21-19-56(20-22-57)38-14-16-54(29-38)28-31-12-17-55(18-13-31)37-5-8-40-41(26-37)46(62)58(45(40)61)42-9-10-43(59)53-44(42)60/h3-8,11,15,23-26,31,38,42H,9-10,12-14,16-22,28-30H2,1-2H3,(H,53,59,60). The number of aromatic nitrogens is 2. The van der Waals surface area contributed by atoms with Crippen LogP contribution in [0.5, 0.6) is 5.75 Å². The second-order valence-corrected chi connectivity index (χ2v) is 18.4. The number of piperidine rings is 2. The molecule has 326 valence electrons. The number of ether oxygens (including phenoxy) is 1. The van der Waals surface area contributed by atoms with Crippen molar-refractivity contribution in [1.29, 1.82) is 5.26 Å². The minimum Gasteiger partial charge on any atom is -0.487 e. The number of carbonyl (C=O) groups excluding carboxylic acids is 4. The molecule has 3 aromatic carbocycles. The molecule has 4 amide bonds. The number of nitrogens with zero attached hydrogens (tertiary/aromatic N) is 8. The number of carbonyl (C=O) groups is 4. The third-order valence-electron chi connectivity index (χ3n) is 13.7. The first-order chi connectivity index (χ1) is 30.4. The lowest BCUT2D eigenvalue weighted by Crippen LogP contribution is -2.54. The number of nitrogens with one attached hydrogen (secondary N) is 1. The highest BCUT2D eigenvalue weighted by molar-refractivity contribution is 6.30. The summed E-state index contributed by atoms with van der Waals surface area (Å²) in [5.74, 6) is 0.153. The van der Waals surface area contributed by atoms with Gasteiger partial charge in [0.05, 0.1) is 28.5 Å². The third kappa shape index (κ3) is 8.87. The summed E-state index contributed by atoms with van der Waals surface area (Å²) in [6.45, 7) is 13.3. The van der Waals surface area contributed by atoms with Crippen molar-refractivity contribution in [3.05, 3.63) is 111 Å². The average Bonchev–Trinajstić information content (AvgIpc) is 3.86. The minimum atomic E-state index is -0.963. The number of hydrogen-bond donors (Lipinski definition) is 1. The fourth-order valence-electron chi connectivity index (χ4n) is 9.88. The monoisotopic (exact) mass is 869 g/mol. The number of nitriles is 1. The molecule has 0 spiro atoms. The van der Waals surface area contributed by atoms with Crippen LogP contribution in [0.3, 0.4) is 0 Å². The molecule has 0 bridgehead atoms. The summed E-state index contributed by atoms with van der Waals surface area (Å²) in [6, 6.07) is 22.6. The van der Waals surface area contributed by atoms with E-state index in [4.69, 9.17) is 21.3 Å². The van der Waals surface area contributed by atoms with Crippen molar-refractivity contribution in [3.63, 3.8) is 0 Å². The first kappa shape index (κ1) is 42.4. The molecule has 5 aliphatic heterocycles. The molecule has 0 radical (unpaired) electrons. The molecule has 4 saturated heterocycles. The van der Waals surface area contributed by atoms with E-state index in [0.717, 1.165) is 111 Å². The molecule has 4 aromatic rings. The molecule has 6 heterocycles. The SMILES string of the molecule is CC(C)(c1ccc(OCc2ccnc(N3CCN(C4CCN(CC5CCN(c6ccc7c(c6)C(=O)N(C6CCC(=O)NC6=O)C7=O)CC5)C4)CC3)n2)cc1)c1cc(Cl)cc(C#N)c1. The lowest BCUT2D eigenvalue weighted by molar-refractivity contribution is -0.136. The van der Waals surface area contributed by atoms with Crippen molar-refractivity contribution in [1.82, 2.24) is 30.0 Å². The smallest absolute Gasteiger partial charge is 0.262 e. The van der Waals surface area contributed by atoms with Crippen LogP contribution in [0, 0.1) is 17.2 Å². The van der Waals surface area contributed by atoms with Crippen LogP contribution in [-0.2, 0) is 21.6 Å². The summed E-state index contributed by atoms with van der Waals surface area (Å²) in [4.78, 5) is 71.0. The van der Waals surface area contributed by atoms with E-state index >= 15 is 0 Å². The van der Waals surface area contributed by atoms with Crippen molar-refractivity contribution in [3.8, 4) is 11.8 Å². The average molecular weight is 870 g/mol. The van der Waals surface area contributed by atoms with Gasteiger partial charge in [0.2, 0.25) is 17.8 Å². The second kappa shape index (κ2) is 17.7. The van der Waals surface area contributed by atoms with Crippen LogP contribution in [-0.4, -0.2) is 119 Å². The van der Waals surface area contributed by atoms with E-state index in [-0.39, 0.29) is 24.2 Å². The number of piperazine rings is 1. The largest absolute Gasteiger partial charge is 0.487 e. The van der Waals surface area contributed by atoms with E-state index in [0.29, 0.717) is 40.3 Å². The number of benzene rings is 3. The molecule has 0 saturated carbocycles. The molecule has 2 atom stereocenters. The maximum Gasteiger partial charge on any atom is 0.262 e. The number of imide groups is 2. The third-order valence-corrected chi connectivity index (χ3v) is 13.9. The fourth-order valence-corrected chi connectivity index (χ4v) is 10.1. The van der Waals surface area contributed by atoms with Crippen molar-refractivity contribution < 1.29 is 23.9 Å². The summed E-state index contributed by atoms with van der Waals surface area (Å²) >= 11 is 6.31. The molecule has 5 aliphatic rings. The van der Waals surface area contributed by atoms with Crippen LogP contribution >= 0.6 is 11.6 Å². The Morgan fingerprint density at radius 3 is 2.33 bits per heavy atom. The summed E-state index contributed by atoms with van der Waals surface area (Å²) in [5.41, 5.74) is 4.63. The topological polar surface area (TPSA) is 155 Å². The molecule has 1 N–H and O–H groups in total. The van der Waals surface area contributed by atoms with Gasteiger partial charge in [-0.05, 0) is 104 Å². The van der Waals surface area contributed by atoms with E-state index in [9.17, 15) is 24.4 Å². The van der Waals surface area contributed by atoms with Gasteiger partial charge in [-0.1, -0.05) is 37.6 Å². The van der Waals surface area contributed by atoms with Crippen molar-refractivity contribution in [2.24, 2.45) is 5.92 Å². The molecule has 9 rings (SSSR count). The first-order valence-electron chi connectivity index (χ1n) is 22.0. The maximum absolute atomic E-state index is 13.4. The van der Waals surface area contributed by atoms with Gasteiger partial charge in [0, 0.05) is 87.1 Å². The predicted molar refractivity (Wildman–Crippen MR) is 238 cm³/mol. The second-order valence-electron chi connectivity index (χ2n) is 18.0. The first-order valence-corrected chi connectivity index (χ1v) is 22.4. The summed E-state index contributed by atoms with van der Waals surface area (Å²) < 4.78 is 6.16. The van der Waals surface area contributed by atoms with Gasteiger partial charge >= 0.3 is 0 Å². The number of hydrogen-bond acceptors (Lipinski definition) is 12. The molecule has 63 heavy (non-hydrogen) atoms. The van der Waals surface area contributed by atoms with Gasteiger partial charge in [-0.3, -0.25) is 34.3 Å². The Hall–Kier alpha value is -5.88. The Bertz CT molecular complexity index is 2460. The van der Waals surface area contributed by atoms with Gasteiger partial charge in [0.15, 0.2) is 0 Å². The van der Waals surface area contributed by atoms with E-state index in [1.54, 1.807) is 18.2 Å². The Balaban J connectivity index is 0.712. The zero-order valence-corrected chi connectivity index (χ0v) is 36.5. The zero-order valence-electron chi connectivity index (χ0n) is 35.8. The van der Waals surface area contributed by atoms with E-state index < -0.39 is 23.8 Å². The Labute approximate surface area is 372 Å². The lowest BCUT2D eigenvalue weighted by atomic mass is 9.78. The van der Waals surface area contributed by atoms with Crippen LogP contribution in [0.25, 0.3) is 0 Å². The van der Waals surface area contributed by atoms with Crippen molar-refractivity contribution >= 4 is 46.9 Å². The van der Waals surface area contributed by atoms with Crippen LogP contribution in [0.15, 0.2) is 72.9 Å². The van der Waals surface area contributed by atoms with Gasteiger partial charge in [0.25, 0.3) is 11.8 Å². The molecule has 4 fully saturated rings. The highest BCUT2D eigenvalue weighted by Crippen LogP contribution is 2.36. The quantitative estimate of drug-likeness (QED) is 0.192. The number of amides is 4. The number of fused-ring (bicyclic) bond motifs is 1. The number of halogens is 1. The Kier molecular flexibility index (Phi) is 11.9. The molecular formula is C48H52ClN9O5. The number of anilines is 2. The van der Waals surface area contributed by atoms with E-state index in [1.165, 1.54) is 6.42 Å². The van der Waals surface area contributed by atoms with Gasteiger partial charge in [-0.25, -0.2) is 9.97 Å². The zero-order chi connectivity index (χ0) is 43.8. The van der Waals surface area contributed by atoms with Crippen LogP contribution in [0.2, 0.25) is 5.02 Å². The van der Waals surface area contributed by atoms with Crippen LogP contribution < -0.4 is 19.9 Å². The number of likely N-dealkylation sites (tertiary alicyclic amines) is 1. The van der Waals surface area contributed by atoms with E-state index in [1.807, 2.05) is 42.6 Å². The Morgan fingerprint density at radius 2 is 1.59 bits per heavy atom. The van der Waals surface area contributed by atoms with Crippen molar-refractivity contribution in [2.75, 3.05) is 68.7 Å². The predicted octanol–water partition coefficient (Wildman–Crippen LogP) is 5.42. The molecular weight excluding hydrogens is 818 g/mol. The summed E-state index contributed by atoms with van der Waals surface area (Å²) in [6.07, 6.45) is 5.33. The summed E-state index contributed by atoms with van der Waals surface area (Å²) in [5, 5.41) is 12.2. The lowest BCUT2D eigenvalue weighted by Gasteiger charge is -2.38. The number of rotatable bonds is 11. The highest BCUT2D eigenvalue weighted by Gasteiger charge is 2.45. The van der Waals surface area contributed by atoms with Gasteiger partial charge in [-0.2, -0.15) is 5.26 Å². The van der Waals surface area contributed by atoms with Crippen molar-refractivity contribution in [2.45, 2.75) is 70.1 Å². The molecule has 15 heteroatoms. The molecule has 2 unspecified atom stereocenters. The summed E-state index contributed by atoms with van der Waals surface area (Å²) in [7, 11) is 0. The fraction of sp³-hybridized carbons (Fsp3) is 0.438. The minimum absolute atomic E-state index is 0.0996. The van der Waals surface area contributed by atoms with Crippen LogP contribution in [0.4, 0.5) is 11.6 Å². The van der Waals surface area contributed by atoms with Gasteiger partial charge in [0.1, 0.15) is 18.4 Å². The maximum atomic E-state index is 13.4. The normalized spacial score (nSPS) is 21.5. The molecule has 14 nitrogen and oxygen atoms in total.